The highest BCUT2D eigenvalue weighted by atomic mass is 16.5. The molecule has 0 aliphatic carbocycles. The Bertz CT molecular complexity index is 1070. The Balaban J connectivity index is 1.34. The van der Waals surface area contributed by atoms with Gasteiger partial charge >= 0.3 is 0 Å². The molecule has 0 radical (unpaired) electrons. The van der Waals surface area contributed by atoms with Crippen LogP contribution in [0.2, 0.25) is 0 Å². The van der Waals surface area contributed by atoms with Crippen LogP contribution in [0.5, 0.6) is 11.5 Å². The number of fused-ring (bicyclic) bond motifs is 2. The molecule has 0 fully saturated rings. The molecule has 7 nitrogen and oxygen atoms in total. The smallest absolute Gasteiger partial charge is 0.261 e. The molecule has 1 aliphatic heterocycles. The van der Waals surface area contributed by atoms with Crippen LogP contribution >= 0.6 is 0 Å². The summed E-state index contributed by atoms with van der Waals surface area (Å²) in [5, 5.41) is 12.6. The Kier molecular flexibility index (Phi) is 4.97. The second kappa shape index (κ2) is 7.72. The lowest BCUT2D eigenvalue weighted by Crippen LogP contribution is -2.30. The molecular formula is C21H21N3O4. The second-order valence-electron chi connectivity index (χ2n) is 6.82. The van der Waals surface area contributed by atoms with Gasteiger partial charge in [-0.25, -0.2) is 4.98 Å². The van der Waals surface area contributed by atoms with Crippen molar-refractivity contribution in [3.05, 3.63) is 64.2 Å². The quantitative estimate of drug-likeness (QED) is 0.681. The van der Waals surface area contributed by atoms with Crippen molar-refractivity contribution in [1.29, 1.82) is 0 Å². The first kappa shape index (κ1) is 18.0. The van der Waals surface area contributed by atoms with Gasteiger partial charge in [0, 0.05) is 19.5 Å². The van der Waals surface area contributed by atoms with E-state index in [0.717, 1.165) is 24.2 Å². The van der Waals surface area contributed by atoms with Crippen LogP contribution < -0.4 is 15.6 Å². The third-order valence-electron chi connectivity index (χ3n) is 4.83. The van der Waals surface area contributed by atoms with Crippen LogP contribution in [0, 0.1) is 0 Å². The topological polar surface area (TPSA) is 93.5 Å². The number of carbonyl (C=O) groups excluding carboxylic acids is 1. The normalized spacial score (nSPS) is 12.7. The van der Waals surface area contributed by atoms with Crippen molar-refractivity contribution in [3.63, 3.8) is 0 Å². The third kappa shape index (κ3) is 3.83. The Morgan fingerprint density at radius 2 is 2.04 bits per heavy atom. The van der Waals surface area contributed by atoms with E-state index in [2.05, 4.69) is 10.3 Å². The van der Waals surface area contributed by atoms with E-state index in [1.54, 1.807) is 34.9 Å². The summed E-state index contributed by atoms with van der Waals surface area (Å²) in [6, 6.07) is 12.0. The monoisotopic (exact) mass is 379 g/mol. The van der Waals surface area contributed by atoms with Crippen molar-refractivity contribution >= 4 is 16.8 Å². The molecule has 28 heavy (non-hydrogen) atoms. The summed E-state index contributed by atoms with van der Waals surface area (Å²) in [6.45, 7) is 1.05. The van der Waals surface area contributed by atoms with E-state index in [1.807, 2.05) is 12.1 Å². The molecule has 1 amide bonds. The highest BCUT2D eigenvalue weighted by Gasteiger charge is 2.16. The summed E-state index contributed by atoms with van der Waals surface area (Å²) in [6.07, 6.45) is 2.43. The van der Waals surface area contributed by atoms with Crippen LogP contribution in [0.4, 0.5) is 0 Å². The van der Waals surface area contributed by atoms with Crippen LogP contribution in [0.25, 0.3) is 10.9 Å². The summed E-state index contributed by atoms with van der Waals surface area (Å²) in [4.78, 5) is 29.1. The first-order valence-corrected chi connectivity index (χ1v) is 9.31. The first-order valence-electron chi connectivity index (χ1n) is 9.31. The van der Waals surface area contributed by atoms with Crippen LogP contribution in [-0.4, -0.2) is 33.7 Å². The van der Waals surface area contributed by atoms with E-state index in [0.29, 0.717) is 36.2 Å². The van der Waals surface area contributed by atoms with Gasteiger partial charge in [-0.1, -0.05) is 12.1 Å². The summed E-state index contributed by atoms with van der Waals surface area (Å²) in [5.41, 5.74) is 1.62. The number of aromatic hydroxyl groups is 1. The van der Waals surface area contributed by atoms with Gasteiger partial charge in [-0.2, -0.15) is 0 Å². The molecular weight excluding hydrogens is 358 g/mol. The number of hydrogen-bond acceptors (Lipinski definition) is 5. The predicted octanol–water partition coefficient (Wildman–Crippen LogP) is 1.79. The number of nitrogens with zero attached hydrogens (tertiary/aromatic N) is 2. The van der Waals surface area contributed by atoms with Gasteiger partial charge in [0.05, 0.1) is 10.9 Å². The van der Waals surface area contributed by atoms with Crippen LogP contribution in [0.15, 0.2) is 47.3 Å². The van der Waals surface area contributed by atoms with E-state index in [-0.39, 0.29) is 23.8 Å². The standard InChI is InChI=1S/C21H21N3O4/c25-15-5-3-14(4-6-15)9-10-22-20(26)13-28-16-7-8-18-17(12-16)21(27)24-11-1-2-19(24)23-18/h3-8,12,25H,1-2,9-11,13H2,(H,22,26). The fraction of sp³-hybridized carbons (Fsp3) is 0.286. The molecule has 2 N–H and O–H groups in total. The lowest BCUT2D eigenvalue weighted by atomic mass is 10.1. The number of nitrogens with one attached hydrogen (secondary N) is 1. The van der Waals surface area contributed by atoms with Gasteiger partial charge in [0.15, 0.2) is 6.61 Å². The number of phenolic OH excluding ortho intramolecular Hbond substituents is 1. The molecule has 1 aromatic heterocycles. The van der Waals surface area contributed by atoms with Crippen molar-refractivity contribution in [2.24, 2.45) is 0 Å². The SMILES string of the molecule is O=C(COc1ccc2nc3n(c(=O)c2c1)CCC3)NCCc1ccc(O)cc1. The minimum Gasteiger partial charge on any atom is -0.508 e. The minimum absolute atomic E-state index is 0.0544. The number of rotatable bonds is 6. The van der Waals surface area contributed by atoms with Gasteiger partial charge in [0.2, 0.25) is 0 Å². The largest absolute Gasteiger partial charge is 0.508 e. The Morgan fingerprint density at radius 3 is 2.86 bits per heavy atom. The van der Waals surface area contributed by atoms with E-state index in [9.17, 15) is 14.7 Å². The number of benzene rings is 2. The third-order valence-corrected chi connectivity index (χ3v) is 4.83. The molecule has 7 heteroatoms. The lowest BCUT2D eigenvalue weighted by Gasteiger charge is -2.09. The van der Waals surface area contributed by atoms with E-state index in [4.69, 9.17) is 4.74 Å². The Morgan fingerprint density at radius 1 is 1.21 bits per heavy atom. The maximum Gasteiger partial charge on any atom is 0.261 e. The van der Waals surface area contributed by atoms with Gasteiger partial charge < -0.3 is 15.2 Å². The van der Waals surface area contributed by atoms with Gasteiger partial charge in [-0.05, 0) is 48.7 Å². The molecule has 0 bridgehead atoms. The molecule has 144 valence electrons. The fourth-order valence-corrected chi connectivity index (χ4v) is 3.36. The van der Waals surface area contributed by atoms with E-state index in [1.165, 1.54) is 0 Å². The predicted molar refractivity (Wildman–Crippen MR) is 105 cm³/mol. The van der Waals surface area contributed by atoms with Gasteiger partial charge in [-0.3, -0.25) is 14.2 Å². The van der Waals surface area contributed by atoms with Crippen molar-refractivity contribution in [2.75, 3.05) is 13.2 Å². The number of aromatic nitrogens is 2. The molecule has 0 atom stereocenters. The van der Waals surface area contributed by atoms with Crippen molar-refractivity contribution in [3.8, 4) is 11.5 Å². The van der Waals surface area contributed by atoms with Crippen molar-refractivity contribution in [2.45, 2.75) is 25.8 Å². The minimum atomic E-state index is -0.234. The maximum atomic E-state index is 12.6. The number of hydrogen-bond donors (Lipinski definition) is 2. The summed E-state index contributed by atoms with van der Waals surface area (Å²) in [5.74, 6) is 1.29. The molecule has 0 unspecified atom stereocenters. The highest BCUT2D eigenvalue weighted by molar-refractivity contribution is 5.80. The molecule has 1 aliphatic rings. The molecule has 0 saturated carbocycles. The van der Waals surface area contributed by atoms with Crippen molar-refractivity contribution < 1.29 is 14.6 Å². The van der Waals surface area contributed by atoms with Crippen LogP contribution in [0.1, 0.15) is 17.8 Å². The zero-order valence-electron chi connectivity index (χ0n) is 15.4. The molecule has 3 aromatic rings. The van der Waals surface area contributed by atoms with Crippen molar-refractivity contribution in [1.82, 2.24) is 14.9 Å². The lowest BCUT2D eigenvalue weighted by molar-refractivity contribution is -0.123. The van der Waals surface area contributed by atoms with Crippen LogP contribution in [-0.2, 0) is 24.2 Å². The molecule has 0 saturated heterocycles. The van der Waals surface area contributed by atoms with Gasteiger partial charge in [-0.15, -0.1) is 0 Å². The number of ether oxygens (including phenoxy) is 1. The molecule has 4 rings (SSSR count). The van der Waals surface area contributed by atoms with E-state index >= 15 is 0 Å². The zero-order chi connectivity index (χ0) is 19.5. The summed E-state index contributed by atoms with van der Waals surface area (Å²) >= 11 is 0. The first-order chi connectivity index (χ1) is 13.6. The summed E-state index contributed by atoms with van der Waals surface area (Å²) < 4.78 is 7.26. The number of aryl methyl sites for hydroxylation is 1. The summed E-state index contributed by atoms with van der Waals surface area (Å²) in [7, 11) is 0. The zero-order valence-corrected chi connectivity index (χ0v) is 15.4. The number of phenols is 1. The molecule has 2 heterocycles. The maximum absolute atomic E-state index is 12.6. The average Bonchev–Trinajstić information content (AvgIpc) is 3.17. The molecule has 2 aromatic carbocycles. The highest BCUT2D eigenvalue weighted by Crippen LogP contribution is 2.19. The van der Waals surface area contributed by atoms with Gasteiger partial charge in [0.1, 0.15) is 17.3 Å². The average molecular weight is 379 g/mol. The number of amides is 1. The Hall–Kier alpha value is -3.35. The second-order valence-corrected chi connectivity index (χ2v) is 6.82. The van der Waals surface area contributed by atoms with E-state index < -0.39 is 0 Å². The molecule has 0 spiro atoms. The number of carbonyl (C=O) groups is 1. The van der Waals surface area contributed by atoms with Gasteiger partial charge in [0.25, 0.3) is 11.5 Å². The fourth-order valence-electron chi connectivity index (χ4n) is 3.36. The Labute approximate surface area is 161 Å². The van der Waals surface area contributed by atoms with Crippen LogP contribution in [0.3, 0.4) is 0 Å².